The van der Waals surface area contributed by atoms with Crippen LogP contribution >= 0.6 is 0 Å². The molecule has 0 bridgehead atoms. The molecular weight excluding hydrogens is 305 g/mol. The molecule has 0 saturated heterocycles. The molecule has 0 spiro atoms. The van der Waals surface area contributed by atoms with Crippen LogP contribution in [-0.2, 0) is 6.42 Å². The lowest BCUT2D eigenvalue weighted by molar-refractivity contribution is 0.0953. The van der Waals surface area contributed by atoms with Gasteiger partial charge in [-0.15, -0.1) is 0 Å². The minimum Gasteiger partial charge on any atom is -0.363 e. The zero-order valence-electron chi connectivity index (χ0n) is 13.8. The van der Waals surface area contributed by atoms with Crippen LogP contribution in [0.4, 0.5) is 10.2 Å². The van der Waals surface area contributed by atoms with Gasteiger partial charge < -0.3 is 10.6 Å². The number of aryl methyl sites for hydroxylation is 1. The van der Waals surface area contributed by atoms with E-state index in [1.54, 1.807) is 24.4 Å². The number of benzene rings is 1. The van der Waals surface area contributed by atoms with E-state index in [2.05, 4.69) is 15.6 Å². The third-order valence-corrected chi connectivity index (χ3v) is 4.31. The quantitative estimate of drug-likeness (QED) is 0.877. The Kier molecular flexibility index (Phi) is 5.08. The van der Waals surface area contributed by atoms with Gasteiger partial charge in [0, 0.05) is 12.7 Å². The Hall–Kier alpha value is -2.43. The van der Waals surface area contributed by atoms with Gasteiger partial charge in [-0.25, -0.2) is 9.37 Å². The van der Waals surface area contributed by atoms with E-state index in [0.717, 1.165) is 31.2 Å². The van der Waals surface area contributed by atoms with Crippen molar-refractivity contribution >= 4 is 11.7 Å². The number of fused-ring (bicyclic) bond motifs is 1. The number of halogens is 1. The molecular formula is C19H22FN3O. The zero-order valence-corrected chi connectivity index (χ0v) is 13.8. The van der Waals surface area contributed by atoms with Crippen LogP contribution < -0.4 is 10.6 Å². The Morgan fingerprint density at radius 1 is 1.33 bits per heavy atom. The number of nitrogens with zero attached hydrogens (tertiary/aromatic N) is 1. The Bertz CT molecular complexity index is 715. The molecule has 0 fully saturated rings. The molecule has 1 aliphatic carbocycles. The lowest BCUT2D eigenvalue weighted by Gasteiger charge is -2.27. The summed E-state index contributed by atoms with van der Waals surface area (Å²) in [6.45, 7) is 2.67. The van der Waals surface area contributed by atoms with E-state index in [9.17, 15) is 9.18 Å². The normalized spacial score (nSPS) is 16.3. The number of pyridine rings is 1. The average Bonchev–Trinajstić information content (AvgIpc) is 2.61. The Balaban J connectivity index is 1.71. The summed E-state index contributed by atoms with van der Waals surface area (Å²) in [7, 11) is 0. The van der Waals surface area contributed by atoms with Crippen molar-refractivity contribution in [3.63, 3.8) is 0 Å². The Morgan fingerprint density at radius 2 is 2.21 bits per heavy atom. The molecule has 0 radical (unpaired) electrons. The first-order chi connectivity index (χ1) is 11.7. The molecule has 126 valence electrons. The number of carbonyl (C=O) groups excluding carboxylic acids is 1. The smallest absolute Gasteiger partial charge is 0.252 e. The van der Waals surface area contributed by atoms with Crippen molar-refractivity contribution in [3.05, 3.63) is 59.0 Å². The maximum absolute atomic E-state index is 13.6. The molecule has 1 aliphatic rings. The lowest BCUT2D eigenvalue weighted by Crippen LogP contribution is -2.24. The van der Waals surface area contributed by atoms with Crippen molar-refractivity contribution in [1.82, 2.24) is 10.3 Å². The summed E-state index contributed by atoms with van der Waals surface area (Å²) in [5.74, 6) is 0.378. The fourth-order valence-electron chi connectivity index (χ4n) is 3.05. The van der Waals surface area contributed by atoms with Gasteiger partial charge in [0.2, 0.25) is 0 Å². The number of nitrogens with one attached hydrogen (secondary N) is 2. The first-order valence-corrected chi connectivity index (χ1v) is 8.46. The number of aromatic nitrogens is 1. The van der Waals surface area contributed by atoms with Crippen molar-refractivity contribution in [2.45, 2.75) is 38.6 Å². The zero-order chi connectivity index (χ0) is 16.9. The third-order valence-electron chi connectivity index (χ3n) is 4.31. The third kappa shape index (κ3) is 3.72. The molecule has 0 saturated carbocycles. The molecule has 1 heterocycles. The standard InChI is InChI=1S/C19H22FN3O/c1-2-10-21-19(24)14-7-9-18(22-12-14)23-17-5-3-4-13-6-8-15(20)11-16(13)17/h6-9,11-12,17H,2-5,10H2,1H3,(H,21,24)(H,22,23). The van der Waals surface area contributed by atoms with Gasteiger partial charge in [-0.05, 0) is 61.1 Å². The number of amides is 1. The molecule has 24 heavy (non-hydrogen) atoms. The van der Waals surface area contributed by atoms with Gasteiger partial charge in [-0.2, -0.15) is 0 Å². The Morgan fingerprint density at radius 3 is 2.96 bits per heavy atom. The predicted molar refractivity (Wildman–Crippen MR) is 92.6 cm³/mol. The molecule has 2 N–H and O–H groups in total. The first-order valence-electron chi connectivity index (χ1n) is 8.46. The lowest BCUT2D eigenvalue weighted by atomic mass is 9.87. The first kappa shape index (κ1) is 16.4. The van der Waals surface area contributed by atoms with Gasteiger partial charge in [0.15, 0.2) is 0 Å². The second kappa shape index (κ2) is 7.43. The van der Waals surface area contributed by atoms with Crippen molar-refractivity contribution < 1.29 is 9.18 Å². The van der Waals surface area contributed by atoms with Crippen LogP contribution in [0.2, 0.25) is 0 Å². The summed E-state index contributed by atoms with van der Waals surface area (Å²) >= 11 is 0. The summed E-state index contributed by atoms with van der Waals surface area (Å²) in [5.41, 5.74) is 2.74. The summed E-state index contributed by atoms with van der Waals surface area (Å²) in [6, 6.07) is 8.61. The highest BCUT2D eigenvalue weighted by Crippen LogP contribution is 2.32. The topological polar surface area (TPSA) is 54.0 Å². The minimum atomic E-state index is -0.210. The molecule has 5 heteroatoms. The van der Waals surface area contributed by atoms with E-state index in [1.165, 1.54) is 11.6 Å². The number of anilines is 1. The van der Waals surface area contributed by atoms with Crippen molar-refractivity contribution in [2.75, 3.05) is 11.9 Å². The van der Waals surface area contributed by atoms with Crippen molar-refractivity contribution in [3.8, 4) is 0 Å². The number of carbonyl (C=O) groups is 1. The van der Waals surface area contributed by atoms with E-state index in [-0.39, 0.29) is 17.8 Å². The molecule has 3 rings (SSSR count). The van der Waals surface area contributed by atoms with Crippen molar-refractivity contribution in [2.24, 2.45) is 0 Å². The number of hydrogen-bond acceptors (Lipinski definition) is 3. The SMILES string of the molecule is CCCNC(=O)c1ccc(NC2CCCc3ccc(F)cc32)nc1. The van der Waals surface area contributed by atoms with Gasteiger partial charge in [0.25, 0.3) is 5.91 Å². The summed E-state index contributed by atoms with van der Waals surface area (Å²) in [6.07, 6.45) is 5.46. The maximum atomic E-state index is 13.6. The molecule has 2 aromatic rings. The van der Waals surface area contributed by atoms with E-state index in [4.69, 9.17) is 0 Å². The van der Waals surface area contributed by atoms with Gasteiger partial charge in [0.05, 0.1) is 11.6 Å². The van der Waals surface area contributed by atoms with Crippen LogP contribution in [-0.4, -0.2) is 17.4 Å². The van der Waals surface area contributed by atoms with Crippen LogP contribution in [0.15, 0.2) is 36.5 Å². The van der Waals surface area contributed by atoms with Gasteiger partial charge in [-0.1, -0.05) is 13.0 Å². The monoisotopic (exact) mass is 327 g/mol. The highest BCUT2D eigenvalue weighted by Gasteiger charge is 2.21. The Labute approximate surface area is 141 Å². The van der Waals surface area contributed by atoms with E-state index in [0.29, 0.717) is 17.9 Å². The second-order valence-electron chi connectivity index (χ2n) is 6.12. The number of rotatable bonds is 5. The summed E-state index contributed by atoms with van der Waals surface area (Å²) < 4.78 is 13.6. The van der Waals surface area contributed by atoms with Crippen LogP contribution in [0.3, 0.4) is 0 Å². The molecule has 1 atom stereocenters. The highest BCUT2D eigenvalue weighted by molar-refractivity contribution is 5.94. The highest BCUT2D eigenvalue weighted by atomic mass is 19.1. The van der Waals surface area contributed by atoms with Gasteiger partial charge in [0.1, 0.15) is 11.6 Å². The fraction of sp³-hybridized carbons (Fsp3) is 0.368. The minimum absolute atomic E-state index is 0.0525. The van der Waals surface area contributed by atoms with E-state index in [1.807, 2.05) is 13.0 Å². The van der Waals surface area contributed by atoms with Crippen LogP contribution in [0.25, 0.3) is 0 Å². The largest absolute Gasteiger partial charge is 0.363 e. The molecule has 1 amide bonds. The molecule has 1 unspecified atom stereocenters. The molecule has 1 aromatic carbocycles. The van der Waals surface area contributed by atoms with Crippen LogP contribution in [0.1, 0.15) is 53.7 Å². The van der Waals surface area contributed by atoms with Gasteiger partial charge >= 0.3 is 0 Å². The van der Waals surface area contributed by atoms with Crippen LogP contribution in [0, 0.1) is 5.82 Å². The van der Waals surface area contributed by atoms with Gasteiger partial charge in [-0.3, -0.25) is 4.79 Å². The average molecular weight is 327 g/mol. The second-order valence-corrected chi connectivity index (χ2v) is 6.12. The maximum Gasteiger partial charge on any atom is 0.252 e. The van der Waals surface area contributed by atoms with E-state index < -0.39 is 0 Å². The fourth-order valence-corrected chi connectivity index (χ4v) is 3.05. The van der Waals surface area contributed by atoms with Crippen molar-refractivity contribution in [1.29, 1.82) is 0 Å². The molecule has 1 aromatic heterocycles. The predicted octanol–water partition coefficient (Wildman–Crippen LogP) is 3.85. The summed E-state index contributed by atoms with van der Waals surface area (Å²) in [5, 5.41) is 6.19. The molecule has 4 nitrogen and oxygen atoms in total. The number of hydrogen-bond donors (Lipinski definition) is 2. The molecule has 0 aliphatic heterocycles. The van der Waals surface area contributed by atoms with E-state index >= 15 is 0 Å². The summed E-state index contributed by atoms with van der Waals surface area (Å²) in [4.78, 5) is 16.2. The van der Waals surface area contributed by atoms with Crippen LogP contribution in [0.5, 0.6) is 0 Å².